The van der Waals surface area contributed by atoms with Gasteiger partial charge in [-0.05, 0) is 52.8 Å². The van der Waals surface area contributed by atoms with E-state index in [0.717, 1.165) is 6.34 Å². The van der Waals surface area contributed by atoms with Crippen LogP contribution in [0, 0.1) is 0 Å². The zero-order valence-corrected chi connectivity index (χ0v) is 29.3. The van der Waals surface area contributed by atoms with Crippen LogP contribution < -0.4 is 31.9 Å². The Morgan fingerprint density at radius 2 is 1.22 bits per heavy atom. The third-order valence-corrected chi connectivity index (χ3v) is 6.68. The molecular weight excluding hydrogens is 652 g/mol. The van der Waals surface area contributed by atoms with E-state index in [2.05, 4.69) is 36.9 Å². The zero-order valence-electron chi connectivity index (χ0n) is 29.3. The monoisotopic (exact) mass is 696 g/mol. The fourth-order valence-electron chi connectivity index (χ4n) is 4.45. The molecule has 18 heteroatoms. The summed E-state index contributed by atoms with van der Waals surface area (Å²) < 4.78 is 15.1. The number of hydrogen-bond acceptors (Lipinski definition) is 9. The van der Waals surface area contributed by atoms with Crippen molar-refractivity contribution in [3.05, 3.63) is 53.9 Å². The largest absolute Gasteiger partial charge is 0.444 e. The van der Waals surface area contributed by atoms with Gasteiger partial charge in [-0.25, -0.2) is 9.59 Å². The average molecular weight is 697 g/mol. The van der Waals surface area contributed by atoms with Crippen molar-refractivity contribution in [1.29, 1.82) is 0 Å². The number of aromatic nitrogens is 3. The predicted octanol–water partition coefficient (Wildman–Crippen LogP) is 2.56. The van der Waals surface area contributed by atoms with Gasteiger partial charge in [-0.3, -0.25) is 29.5 Å². The molecule has 3 aromatic rings. The molecule has 6 amide bonds. The topological polar surface area (TPSA) is 220 Å². The van der Waals surface area contributed by atoms with E-state index in [1.165, 1.54) is 18.2 Å². The molecule has 50 heavy (non-hydrogen) atoms. The lowest BCUT2D eigenvalue weighted by Crippen LogP contribution is -2.45. The number of aryl methyl sites for hydroxylation is 3. The van der Waals surface area contributed by atoms with Crippen LogP contribution in [0.5, 0.6) is 0 Å². The fourth-order valence-corrected chi connectivity index (χ4v) is 4.45. The Morgan fingerprint density at radius 3 is 1.74 bits per heavy atom. The van der Waals surface area contributed by atoms with Crippen molar-refractivity contribution in [1.82, 2.24) is 29.7 Å². The summed E-state index contributed by atoms with van der Waals surface area (Å²) in [4.78, 5) is 77.3. The maximum absolute atomic E-state index is 13.0. The van der Waals surface area contributed by atoms with Crippen molar-refractivity contribution < 1.29 is 38.2 Å². The minimum atomic E-state index is -1.03. The van der Waals surface area contributed by atoms with Gasteiger partial charge in [-0.15, -0.1) is 0 Å². The molecule has 0 aliphatic rings. The van der Waals surface area contributed by atoms with Crippen molar-refractivity contribution in [3.63, 3.8) is 0 Å². The van der Waals surface area contributed by atoms with Gasteiger partial charge in [-0.2, -0.15) is 0 Å². The van der Waals surface area contributed by atoms with Gasteiger partial charge in [-0.1, -0.05) is 0 Å². The molecule has 3 rings (SSSR count). The van der Waals surface area contributed by atoms with Gasteiger partial charge in [0.1, 0.15) is 28.3 Å². The van der Waals surface area contributed by atoms with E-state index in [9.17, 15) is 28.8 Å². The van der Waals surface area contributed by atoms with Crippen LogP contribution in [0.2, 0.25) is 0 Å². The number of amides is 6. The number of rotatable bonds is 14. The van der Waals surface area contributed by atoms with Gasteiger partial charge in [0.05, 0.1) is 36.5 Å². The highest BCUT2D eigenvalue weighted by molar-refractivity contribution is 6.07. The van der Waals surface area contributed by atoms with Gasteiger partial charge in [0.15, 0.2) is 0 Å². The highest BCUT2D eigenvalue weighted by Crippen LogP contribution is 2.19. The standard InChI is InChI=1S/C32H44N10O8/c1-31(2,3)49-29(47)35-17-32(4,5)50-30(48)36-18-33-9-10-34-26(44)23-12-21(15-41(23)7)38-28(46)25-13-22(16-42(25)8)39-27(45)24-11-20(37-19-43)14-40(24)6/h11-16,18-19H,9-10,17H2,1-8H3,(H,34,44)(H,35,47)(H,37,43)(H,38,46)(H,39,45)(H,33,36,48). The second-order valence-corrected chi connectivity index (χ2v) is 12.8. The van der Waals surface area contributed by atoms with E-state index in [4.69, 9.17) is 9.47 Å². The molecule has 0 unspecified atom stereocenters. The van der Waals surface area contributed by atoms with Crippen molar-refractivity contribution in [3.8, 4) is 0 Å². The van der Waals surface area contributed by atoms with E-state index < -0.39 is 41.1 Å². The summed E-state index contributed by atoms with van der Waals surface area (Å²) in [5.74, 6) is -1.31. The molecule has 270 valence electrons. The van der Waals surface area contributed by atoms with Crippen LogP contribution in [-0.4, -0.2) is 87.2 Å². The number of nitrogens with one attached hydrogen (secondary N) is 6. The van der Waals surface area contributed by atoms with Crippen LogP contribution in [0.1, 0.15) is 66.1 Å². The third-order valence-electron chi connectivity index (χ3n) is 6.68. The molecule has 0 aliphatic heterocycles. The van der Waals surface area contributed by atoms with Crippen LogP contribution in [0.25, 0.3) is 0 Å². The Labute approximate surface area is 288 Å². The molecule has 18 nitrogen and oxygen atoms in total. The molecule has 0 fully saturated rings. The summed E-state index contributed by atoms with van der Waals surface area (Å²) in [6.45, 7) is 8.78. The third kappa shape index (κ3) is 11.6. The Kier molecular flexibility index (Phi) is 12.6. The van der Waals surface area contributed by atoms with Crippen LogP contribution >= 0.6 is 0 Å². The van der Waals surface area contributed by atoms with E-state index >= 15 is 0 Å². The summed E-state index contributed by atoms with van der Waals surface area (Å²) >= 11 is 0. The first kappa shape index (κ1) is 38.4. The molecule has 0 atom stereocenters. The molecule has 0 radical (unpaired) electrons. The van der Waals surface area contributed by atoms with E-state index in [-0.39, 0.29) is 31.0 Å². The number of nitrogens with zero attached hydrogens (tertiary/aromatic N) is 4. The molecule has 3 heterocycles. The Balaban J connectivity index is 1.44. The van der Waals surface area contributed by atoms with Crippen LogP contribution in [-0.2, 0) is 35.4 Å². The van der Waals surface area contributed by atoms with Crippen molar-refractivity contribution in [2.75, 3.05) is 35.6 Å². The Hall–Kier alpha value is -6.07. The van der Waals surface area contributed by atoms with E-state index in [1.54, 1.807) is 88.1 Å². The van der Waals surface area contributed by atoms with Crippen molar-refractivity contribution >= 4 is 59.7 Å². The maximum Gasteiger partial charge on any atom is 0.412 e. The quantitative estimate of drug-likeness (QED) is 0.0635. The second-order valence-electron chi connectivity index (χ2n) is 12.8. The molecule has 0 saturated carbocycles. The smallest absolute Gasteiger partial charge is 0.412 e. The van der Waals surface area contributed by atoms with Gasteiger partial charge >= 0.3 is 12.2 Å². The fraction of sp³-hybridized carbons (Fsp3) is 0.406. The van der Waals surface area contributed by atoms with E-state index in [1.807, 2.05) is 0 Å². The van der Waals surface area contributed by atoms with Crippen molar-refractivity contribution in [2.24, 2.45) is 26.1 Å². The zero-order chi connectivity index (χ0) is 37.2. The number of ether oxygens (including phenoxy) is 2. The number of carbonyl (C=O) groups is 6. The molecule has 0 spiro atoms. The lowest BCUT2D eigenvalue weighted by Gasteiger charge is -2.26. The molecule has 6 N–H and O–H groups in total. The first-order chi connectivity index (χ1) is 23.4. The number of aliphatic imine (C=N–C) groups is 1. The first-order valence-electron chi connectivity index (χ1n) is 15.4. The second kappa shape index (κ2) is 16.4. The van der Waals surface area contributed by atoms with E-state index in [0.29, 0.717) is 29.2 Å². The minimum absolute atomic E-state index is 0.0233. The maximum atomic E-state index is 13.0. The molecule has 0 saturated heterocycles. The summed E-state index contributed by atoms with van der Waals surface area (Å²) in [5.41, 5.74) is 0.367. The van der Waals surface area contributed by atoms with Gasteiger partial charge < -0.3 is 49.8 Å². The van der Waals surface area contributed by atoms with Crippen LogP contribution in [0.4, 0.5) is 26.7 Å². The summed E-state index contributed by atoms with van der Waals surface area (Å²) in [6.07, 6.45) is 5.01. The van der Waals surface area contributed by atoms with Gasteiger partial charge in [0, 0.05) is 46.3 Å². The minimum Gasteiger partial charge on any atom is -0.444 e. The summed E-state index contributed by atoms with van der Waals surface area (Å²) in [7, 11) is 4.96. The number of anilines is 3. The summed E-state index contributed by atoms with van der Waals surface area (Å²) in [6, 6.07) is 4.54. The molecule has 0 bridgehead atoms. The lowest BCUT2D eigenvalue weighted by molar-refractivity contribution is -0.105. The Bertz CT molecular complexity index is 1760. The van der Waals surface area contributed by atoms with Gasteiger partial charge in [0.2, 0.25) is 6.41 Å². The molecular formula is C32H44N10O8. The number of carbonyl (C=O) groups excluding carboxylic acids is 6. The lowest BCUT2D eigenvalue weighted by atomic mass is 10.1. The highest BCUT2D eigenvalue weighted by atomic mass is 16.6. The average Bonchev–Trinajstić information content (AvgIpc) is 3.68. The van der Waals surface area contributed by atoms with Gasteiger partial charge in [0.25, 0.3) is 17.7 Å². The number of hydrogen-bond donors (Lipinski definition) is 6. The first-order valence-corrected chi connectivity index (χ1v) is 15.4. The Morgan fingerprint density at radius 1 is 0.720 bits per heavy atom. The predicted molar refractivity (Wildman–Crippen MR) is 185 cm³/mol. The van der Waals surface area contributed by atoms with Crippen LogP contribution in [0.3, 0.4) is 0 Å². The summed E-state index contributed by atoms with van der Waals surface area (Å²) in [5, 5.41) is 15.6. The molecule has 0 aliphatic carbocycles. The number of alkyl carbamates (subject to hydrolysis) is 2. The highest BCUT2D eigenvalue weighted by Gasteiger charge is 2.25. The molecule has 0 aromatic carbocycles. The SMILES string of the molecule is Cn1cc(NC(=O)c2cc(NC(=O)c3cc(NC=O)cn3C)cn2C)cc1C(=O)NCCN=CNC(=O)OC(C)(C)CNC(=O)OC(C)(C)C. The normalized spacial score (nSPS) is 11.4. The molecule has 3 aromatic heterocycles. The van der Waals surface area contributed by atoms with Crippen molar-refractivity contribution in [2.45, 2.75) is 45.8 Å². The van der Waals surface area contributed by atoms with Crippen LogP contribution in [0.15, 0.2) is 41.8 Å².